The molecular weight excluding hydrogens is 392 g/mol. The molecule has 6 nitrogen and oxygen atoms in total. The monoisotopic (exact) mass is 420 g/mol. The fourth-order valence-corrected chi connectivity index (χ4v) is 3.32. The standard InChI is InChI=1S/C22H27F2N3O3/c1-16(26(2)15-17-3-9-20(10-4-17)30-22(23)24)21(28)25-18-5-7-19(8-6-18)27-11-13-29-14-12-27/h3-10,16,22H,11-15H2,1-2H3,(H,25,28)/p+1/t16-/m1/s1. The van der Waals surface area contributed by atoms with Gasteiger partial charge in [-0.1, -0.05) is 0 Å². The van der Waals surface area contributed by atoms with Crippen molar-refractivity contribution >= 4 is 17.3 Å². The molecule has 8 heteroatoms. The third kappa shape index (κ3) is 6.14. The molecule has 0 radical (unpaired) electrons. The van der Waals surface area contributed by atoms with E-state index in [1.165, 1.54) is 12.1 Å². The van der Waals surface area contributed by atoms with Crippen LogP contribution in [-0.4, -0.2) is 51.9 Å². The molecular formula is C22H28F2N3O3+. The SMILES string of the molecule is C[C@H](C(=O)Nc1ccc(N2CCOCC2)cc1)[NH+](C)Cc1ccc(OC(F)F)cc1. The summed E-state index contributed by atoms with van der Waals surface area (Å²) in [5.74, 6) is 0.0435. The Kier molecular flexibility index (Phi) is 7.59. The summed E-state index contributed by atoms with van der Waals surface area (Å²) in [6.07, 6.45) is 0. The molecule has 2 aromatic carbocycles. The number of alkyl halides is 2. The molecule has 2 aromatic rings. The molecule has 0 aromatic heterocycles. The van der Waals surface area contributed by atoms with Gasteiger partial charge >= 0.3 is 6.61 Å². The van der Waals surface area contributed by atoms with Gasteiger partial charge in [-0.25, -0.2) is 0 Å². The van der Waals surface area contributed by atoms with Crippen molar-refractivity contribution in [3.05, 3.63) is 54.1 Å². The number of quaternary nitrogens is 1. The zero-order valence-electron chi connectivity index (χ0n) is 17.2. The second-order valence-corrected chi connectivity index (χ2v) is 7.40. The number of rotatable bonds is 8. The predicted molar refractivity (Wildman–Crippen MR) is 111 cm³/mol. The fraction of sp³-hybridized carbons (Fsp3) is 0.409. The van der Waals surface area contributed by atoms with E-state index in [2.05, 4.69) is 15.0 Å². The largest absolute Gasteiger partial charge is 0.435 e. The average Bonchev–Trinajstić information content (AvgIpc) is 2.75. The van der Waals surface area contributed by atoms with Crippen molar-refractivity contribution in [2.24, 2.45) is 0 Å². The first-order valence-corrected chi connectivity index (χ1v) is 10.0. The number of hydrogen-bond donors (Lipinski definition) is 2. The summed E-state index contributed by atoms with van der Waals surface area (Å²) < 4.78 is 34.2. The van der Waals surface area contributed by atoms with Crippen molar-refractivity contribution in [3.63, 3.8) is 0 Å². The van der Waals surface area contributed by atoms with Crippen molar-refractivity contribution in [2.75, 3.05) is 43.6 Å². The van der Waals surface area contributed by atoms with Gasteiger partial charge in [0, 0.05) is 30.0 Å². The summed E-state index contributed by atoms with van der Waals surface area (Å²) in [6.45, 7) is 2.80. The van der Waals surface area contributed by atoms with Crippen LogP contribution in [0, 0.1) is 0 Å². The molecule has 1 fully saturated rings. The van der Waals surface area contributed by atoms with Gasteiger partial charge in [0.25, 0.3) is 5.91 Å². The van der Waals surface area contributed by atoms with Crippen LogP contribution in [0.2, 0.25) is 0 Å². The van der Waals surface area contributed by atoms with Crippen molar-refractivity contribution in [1.82, 2.24) is 0 Å². The van der Waals surface area contributed by atoms with E-state index in [0.717, 1.165) is 48.1 Å². The highest BCUT2D eigenvalue weighted by Gasteiger charge is 2.22. The Hall–Kier alpha value is -2.71. The highest BCUT2D eigenvalue weighted by molar-refractivity contribution is 5.93. The van der Waals surface area contributed by atoms with Crippen LogP contribution in [0.1, 0.15) is 12.5 Å². The van der Waals surface area contributed by atoms with Crippen LogP contribution in [0.25, 0.3) is 0 Å². The van der Waals surface area contributed by atoms with Crippen molar-refractivity contribution in [1.29, 1.82) is 0 Å². The molecule has 1 saturated heterocycles. The Balaban J connectivity index is 1.51. The molecule has 1 amide bonds. The molecule has 0 bridgehead atoms. The van der Waals surface area contributed by atoms with Crippen LogP contribution >= 0.6 is 0 Å². The first kappa shape index (κ1) is 22.0. The molecule has 162 valence electrons. The van der Waals surface area contributed by atoms with Gasteiger partial charge < -0.3 is 24.6 Å². The number of nitrogens with zero attached hydrogens (tertiary/aromatic N) is 1. The summed E-state index contributed by atoms with van der Waals surface area (Å²) in [6, 6.07) is 14.0. The number of anilines is 2. The minimum Gasteiger partial charge on any atom is -0.435 e. The number of amides is 1. The minimum absolute atomic E-state index is 0.0794. The topological polar surface area (TPSA) is 55.2 Å². The summed E-state index contributed by atoms with van der Waals surface area (Å²) in [5.41, 5.74) is 2.81. The van der Waals surface area contributed by atoms with Gasteiger partial charge in [-0.2, -0.15) is 8.78 Å². The number of hydrogen-bond acceptors (Lipinski definition) is 4. The van der Waals surface area contributed by atoms with E-state index in [1.54, 1.807) is 12.1 Å². The summed E-state index contributed by atoms with van der Waals surface area (Å²) in [5, 5.41) is 2.96. The van der Waals surface area contributed by atoms with Crippen LogP contribution in [0.15, 0.2) is 48.5 Å². The van der Waals surface area contributed by atoms with E-state index in [4.69, 9.17) is 4.74 Å². The molecule has 1 aliphatic heterocycles. The molecule has 0 saturated carbocycles. The van der Waals surface area contributed by atoms with Gasteiger partial charge in [-0.3, -0.25) is 4.79 Å². The van der Waals surface area contributed by atoms with E-state index in [1.807, 2.05) is 38.2 Å². The van der Waals surface area contributed by atoms with Gasteiger partial charge in [0.1, 0.15) is 12.3 Å². The van der Waals surface area contributed by atoms with E-state index in [9.17, 15) is 13.6 Å². The molecule has 0 aliphatic carbocycles. The van der Waals surface area contributed by atoms with Crippen molar-refractivity contribution < 1.29 is 27.9 Å². The molecule has 3 rings (SSSR count). The highest BCUT2D eigenvalue weighted by atomic mass is 19.3. The Morgan fingerprint density at radius 1 is 1.13 bits per heavy atom. The Morgan fingerprint density at radius 3 is 2.37 bits per heavy atom. The van der Waals surface area contributed by atoms with E-state index < -0.39 is 6.61 Å². The fourth-order valence-electron chi connectivity index (χ4n) is 3.32. The lowest BCUT2D eigenvalue weighted by atomic mass is 10.1. The van der Waals surface area contributed by atoms with Crippen LogP contribution in [0.5, 0.6) is 5.75 Å². The molecule has 30 heavy (non-hydrogen) atoms. The quantitative estimate of drug-likeness (QED) is 0.687. The zero-order chi connectivity index (χ0) is 21.5. The number of benzene rings is 2. The smallest absolute Gasteiger partial charge is 0.387 e. The van der Waals surface area contributed by atoms with Crippen LogP contribution in [-0.2, 0) is 16.1 Å². The Bertz CT molecular complexity index is 809. The lowest BCUT2D eigenvalue weighted by Crippen LogP contribution is -3.12. The molecule has 2 atom stereocenters. The Labute approximate surface area is 175 Å². The van der Waals surface area contributed by atoms with Gasteiger partial charge in [-0.15, -0.1) is 0 Å². The summed E-state index contributed by atoms with van der Waals surface area (Å²) in [7, 11) is 1.93. The average molecular weight is 420 g/mol. The van der Waals surface area contributed by atoms with Gasteiger partial charge in [0.15, 0.2) is 6.04 Å². The lowest BCUT2D eigenvalue weighted by molar-refractivity contribution is -0.907. The number of morpholine rings is 1. The van der Waals surface area contributed by atoms with Gasteiger partial charge in [-0.05, 0) is 55.5 Å². The van der Waals surface area contributed by atoms with E-state index >= 15 is 0 Å². The number of likely N-dealkylation sites (N-methyl/N-ethyl adjacent to an activating group) is 1. The highest BCUT2D eigenvalue weighted by Crippen LogP contribution is 2.19. The molecule has 1 heterocycles. The number of carbonyl (C=O) groups is 1. The molecule has 1 aliphatic rings. The first-order valence-electron chi connectivity index (χ1n) is 10.0. The summed E-state index contributed by atoms with van der Waals surface area (Å²) in [4.78, 5) is 15.9. The lowest BCUT2D eigenvalue weighted by Gasteiger charge is -2.29. The number of carbonyl (C=O) groups excluding carboxylic acids is 1. The van der Waals surface area contributed by atoms with Crippen LogP contribution in [0.4, 0.5) is 20.2 Å². The molecule has 1 unspecified atom stereocenters. The third-order valence-corrected chi connectivity index (χ3v) is 5.28. The van der Waals surface area contributed by atoms with Gasteiger partial charge in [0.2, 0.25) is 0 Å². The maximum absolute atomic E-state index is 12.6. The van der Waals surface area contributed by atoms with Crippen molar-refractivity contribution in [3.8, 4) is 5.75 Å². The van der Waals surface area contributed by atoms with E-state index in [-0.39, 0.29) is 17.7 Å². The Morgan fingerprint density at radius 2 is 1.77 bits per heavy atom. The molecule has 0 spiro atoms. The van der Waals surface area contributed by atoms with Crippen LogP contribution in [0.3, 0.4) is 0 Å². The zero-order valence-corrected chi connectivity index (χ0v) is 17.2. The van der Waals surface area contributed by atoms with E-state index in [0.29, 0.717) is 6.54 Å². The van der Waals surface area contributed by atoms with Gasteiger partial charge in [0.05, 0.1) is 20.3 Å². The van der Waals surface area contributed by atoms with Crippen LogP contribution < -0.4 is 19.9 Å². The number of ether oxygens (including phenoxy) is 2. The normalized spacial score (nSPS) is 16.2. The maximum atomic E-state index is 12.6. The second-order valence-electron chi connectivity index (χ2n) is 7.40. The predicted octanol–water partition coefficient (Wildman–Crippen LogP) is 2.17. The first-order chi connectivity index (χ1) is 14.4. The third-order valence-electron chi connectivity index (χ3n) is 5.28. The summed E-state index contributed by atoms with van der Waals surface area (Å²) >= 11 is 0. The number of nitrogens with one attached hydrogen (secondary N) is 2. The van der Waals surface area contributed by atoms with Crippen molar-refractivity contribution in [2.45, 2.75) is 26.1 Å². The molecule has 2 N–H and O–H groups in total. The second kappa shape index (κ2) is 10.4. The number of halogens is 2. The minimum atomic E-state index is -2.84. The maximum Gasteiger partial charge on any atom is 0.387 e.